The molecule has 1 amide bonds. The lowest BCUT2D eigenvalue weighted by atomic mass is 10.0. The van der Waals surface area contributed by atoms with Crippen LogP contribution < -0.4 is 10.6 Å². The van der Waals surface area contributed by atoms with E-state index in [1.807, 2.05) is 12.1 Å². The molecule has 2 aromatic rings. The van der Waals surface area contributed by atoms with Gasteiger partial charge in [-0.3, -0.25) is 10.1 Å². The number of carbonyl (C=O) groups excluding carboxylic acids is 1. The first-order valence-corrected chi connectivity index (χ1v) is 8.20. The zero-order valence-electron chi connectivity index (χ0n) is 12.7. The molecular formula is C17H16Cl2N2OS. The van der Waals surface area contributed by atoms with Crippen LogP contribution in [0.4, 0.5) is 5.69 Å². The van der Waals surface area contributed by atoms with Gasteiger partial charge in [-0.25, -0.2) is 0 Å². The number of carbonyl (C=O) groups is 1. The van der Waals surface area contributed by atoms with E-state index in [1.165, 1.54) is 5.56 Å². The highest BCUT2D eigenvalue weighted by atomic mass is 35.5. The van der Waals surface area contributed by atoms with Crippen molar-refractivity contribution in [2.75, 3.05) is 5.32 Å². The molecule has 0 aromatic heterocycles. The fourth-order valence-electron chi connectivity index (χ4n) is 1.94. The Hall–Kier alpha value is -1.62. The number of halogens is 2. The average molecular weight is 367 g/mol. The van der Waals surface area contributed by atoms with E-state index >= 15 is 0 Å². The third-order valence-corrected chi connectivity index (χ3v) is 4.01. The maximum atomic E-state index is 12.2. The molecular weight excluding hydrogens is 351 g/mol. The van der Waals surface area contributed by atoms with E-state index in [0.717, 1.165) is 0 Å². The molecule has 0 heterocycles. The van der Waals surface area contributed by atoms with Gasteiger partial charge in [0, 0.05) is 10.6 Å². The molecule has 0 aliphatic heterocycles. The van der Waals surface area contributed by atoms with E-state index in [2.05, 4.69) is 24.5 Å². The second-order valence-corrected chi connectivity index (χ2v) is 6.56. The van der Waals surface area contributed by atoms with Gasteiger partial charge in [0.05, 0.1) is 10.7 Å². The number of hydrogen-bond acceptors (Lipinski definition) is 2. The van der Waals surface area contributed by atoms with Gasteiger partial charge >= 0.3 is 0 Å². The molecule has 3 nitrogen and oxygen atoms in total. The molecule has 0 radical (unpaired) electrons. The smallest absolute Gasteiger partial charge is 0.257 e. The van der Waals surface area contributed by atoms with Gasteiger partial charge < -0.3 is 5.32 Å². The number of amides is 1. The Labute approximate surface area is 151 Å². The standard InChI is InChI=1S/C17H16Cl2N2OS/c1-10(2)11-3-5-12(6-4-11)16(22)21-17(23)20-15-9-13(18)7-8-14(15)19/h3-10H,1-2H3,(H2,20,21,22,23). The van der Waals surface area contributed by atoms with Crippen LogP contribution in [0.25, 0.3) is 0 Å². The van der Waals surface area contributed by atoms with E-state index < -0.39 is 0 Å². The molecule has 0 aliphatic rings. The van der Waals surface area contributed by atoms with Crippen molar-refractivity contribution in [1.29, 1.82) is 0 Å². The van der Waals surface area contributed by atoms with Crippen molar-refractivity contribution in [1.82, 2.24) is 5.32 Å². The Morgan fingerprint density at radius 3 is 2.35 bits per heavy atom. The molecule has 2 rings (SSSR count). The molecule has 0 saturated carbocycles. The van der Waals surface area contributed by atoms with Crippen molar-refractivity contribution in [3.05, 3.63) is 63.6 Å². The highest BCUT2D eigenvalue weighted by Crippen LogP contribution is 2.25. The van der Waals surface area contributed by atoms with Crippen LogP contribution >= 0.6 is 35.4 Å². The van der Waals surface area contributed by atoms with E-state index in [9.17, 15) is 4.79 Å². The minimum absolute atomic E-state index is 0.159. The van der Waals surface area contributed by atoms with Crippen molar-refractivity contribution < 1.29 is 4.79 Å². The van der Waals surface area contributed by atoms with Crippen LogP contribution in [0.3, 0.4) is 0 Å². The first kappa shape index (κ1) is 17.7. The van der Waals surface area contributed by atoms with Crippen LogP contribution in [0, 0.1) is 0 Å². The van der Waals surface area contributed by atoms with Gasteiger partial charge in [0.2, 0.25) is 0 Å². The van der Waals surface area contributed by atoms with Crippen LogP contribution in [0.2, 0.25) is 10.0 Å². The van der Waals surface area contributed by atoms with Crippen LogP contribution in [0.5, 0.6) is 0 Å². The molecule has 0 unspecified atom stereocenters. The number of hydrogen-bond donors (Lipinski definition) is 2. The minimum atomic E-state index is -0.282. The maximum Gasteiger partial charge on any atom is 0.257 e. The summed E-state index contributed by atoms with van der Waals surface area (Å²) >= 11 is 17.1. The van der Waals surface area contributed by atoms with Crippen LogP contribution in [-0.2, 0) is 0 Å². The second kappa shape index (κ2) is 7.77. The Morgan fingerprint density at radius 1 is 1.09 bits per heavy atom. The largest absolute Gasteiger partial charge is 0.331 e. The summed E-state index contributed by atoms with van der Waals surface area (Å²) in [7, 11) is 0. The molecule has 0 aliphatic carbocycles. The van der Waals surface area contributed by atoms with Crippen LogP contribution in [-0.4, -0.2) is 11.0 Å². The quantitative estimate of drug-likeness (QED) is 0.729. The fourth-order valence-corrected chi connectivity index (χ4v) is 2.48. The monoisotopic (exact) mass is 366 g/mol. The van der Waals surface area contributed by atoms with Gasteiger partial charge in [-0.1, -0.05) is 49.2 Å². The first-order chi connectivity index (χ1) is 10.9. The summed E-state index contributed by atoms with van der Waals surface area (Å²) in [6.07, 6.45) is 0. The molecule has 120 valence electrons. The lowest BCUT2D eigenvalue weighted by Gasteiger charge is -2.12. The van der Waals surface area contributed by atoms with E-state index in [4.69, 9.17) is 35.4 Å². The summed E-state index contributed by atoms with van der Waals surface area (Å²) in [6.45, 7) is 4.20. The number of thiocarbonyl (C=S) groups is 1. The summed E-state index contributed by atoms with van der Waals surface area (Å²) in [6, 6.07) is 12.4. The third kappa shape index (κ3) is 4.93. The van der Waals surface area contributed by atoms with Crippen LogP contribution in [0.1, 0.15) is 35.7 Å². The van der Waals surface area contributed by atoms with Crippen molar-refractivity contribution in [2.24, 2.45) is 0 Å². The first-order valence-electron chi connectivity index (χ1n) is 7.04. The molecule has 0 bridgehead atoms. The van der Waals surface area contributed by atoms with Crippen molar-refractivity contribution in [2.45, 2.75) is 19.8 Å². The van der Waals surface area contributed by atoms with Gasteiger partial charge in [-0.15, -0.1) is 0 Å². The number of nitrogens with one attached hydrogen (secondary N) is 2. The predicted octanol–water partition coefficient (Wildman–Crippen LogP) is 5.24. The van der Waals surface area contributed by atoms with Gasteiger partial charge in [-0.05, 0) is 54.0 Å². The van der Waals surface area contributed by atoms with Crippen LogP contribution in [0.15, 0.2) is 42.5 Å². The lowest BCUT2D eigenvalue weighted by Crippen LogP contribution is -2.34. The van der Waals surface area contributed by atoms with Crippen molar-refractivity contribution in [3.63, 3.8) is 0 Å². The fraction of sp³-hybridized carbons (Fsp3) is 0.176. The number of rotatable bonds is 3. The molecule has 0 fully saturated rings. The number of benzene rings is 2. The minimum Gasteiger partial charge on any atom is -0.331 e. The molecule has 0 saturated heterocycles. The van der Waals surface area contributed by atoms with Crippen molar-refractivity contribution >= 4 is 52.1 Å². The van der Waals surface area contributed by atoms with Gasteiger partial charge in [0.15, 0.2) is 5.11 Å². The van der Waals surface area contributed by atoms with Gasteiger partial charge in [-0.2, -0.15) is 0 Å². The molecule has 23 heavy (non-hydrogen) atoms. The SMILES string of the molecule is CC(C)c1ccc(C(=O)NC(=S)Nc2cc(Cl)ccc2Cl)cc1. The summed E-state index contributed by atoms with van der Waals surface area (Å²) < 4.78 is 0. The van der Waals surface area contributed by atoms with Gasteiger partial charge in [0.25, 0.3) is 5.91 Å². The van der Waals surface area contributed by atoms with Gasteiger partial charge in [0.1, 0.15) is 0 Å². The molecule has 2 aromatic carbocycles. The third-order valence-electron chi connectivity index (χ3n) is 3.24. The average Bonchev–Trinajstić information content (AvgIpc) is 2.51. The zero-order valence-corrected chi connectivity index (χ0v) is 15.0. The summed E-state index contributed by atoms with van der Waals surface area (Å²) in [5, 5.41) is 6.63. The van der Waals surface area contributed by atoms with E-state index in [0.29, 0.717) is 27.2 Å². The summed E-state index contributed by atoms with van der Waals surface area (Å²) in [5.41, 5.74) is 2.25. The summed E-state index contributed by atoms with van der Waals surface area (Å²) in [5.74, 6) is 0.135. The predicted molar refractivity (Wildman–Crippen MR) is 101 cm³/mol. The molecule has 6 heteroatoms. The number of anilines is 1. The second-order valence-electron chi connectivity index (χ2n) is 5.31. The maximum absolute atomic E-state index is 12.2. The normalized spacial score (nSPS) is 10.5. The van der Waals surface area contributed by atoms with Crippen molar-refractivity contribution in [3.8, 4) is 0 Å². The Balaban J connectivity index is 2.02. The Morgan fingerprint density at radius 2 is 1.74 bits per heavy atom. The van der Waals surface area contributed by atoms with E-state index in [-0.39, 0.29) is 11.0 Å². The Kier molecular flexibility index (Phi) is 5.99. The molecule has 0 atom stereocenters. The Bertz CT molecular complexity index is 730. The molecule has 0 spiro atoms. The zero-order chi connectivity index (χ0) is 17.0. The lowest BCUT2D eigenvalue weighted by molar-refractivity contribution is 0.0977. The highest BCUT2D eigenvalue weighted by molar-refractivity contribution is 7.80. The highest BCUT2D eigenvalue weighted by Gasteiger charge is 2.10. The topological polar surface area (TPSA) is 41.1 Å². The molecule has 2 N–H and O–H groups in total. The van der Waals surface area contributed by atoms with E-state index in [1.54, 1.807) is 30.3 Å². The summed E-state index contributed by atoms with van der Waals surface area (Å²) in [4.78, 5) is 12.2.